The van der Waals surface area contributed by atoms with Gasteiger partial charge in [-0.25, -0.2) is 4.98 Å². The Hall–Kier alpha value is -0.550. The molecule has 0 aliphatic carbocycles. The summed E-state index contributed by atoms with van der Waals surface area (Å²) in [4.78, 5) is 16.2. The molecule has 5 heteroatoms. The molecule has 3 nitrogen and oxygen atoms in total. The molecule has 0 aromatic carbocycles. The smallest absolute Gasteiger partial charge is 0.237 e. The predicted octanol–water partition coefficient (Wildman–Crippen LogP) is 3.38. The summed E-state index contributed by atoms with van der Waals surface area (Å²) in [5.41, 5.74) is 1.81. The lowest BCUT2D eigenvalue weighted by molar-refractivity contribution is -0.115. The number of nitrogens with one attached hydrogen (secondary N) is 1. The second-order valence-electron chi connectivity index (χ2n) is 4.18. The highest BCUT2D eigenvalue weighted by molar-refractivity contribution is 9.10. The molecular weight excluding hydrogens is 300 g/mol. The average Bonchev–Trinajstić information content (AvgIpc) is 2.35. The van der Waals surface area contributed by atoms with Crippen LogP contribution in [0, 0.1) is 6.92 Å². The number of halogens is 1. The second kappa shape index (κ2) is 5.87. The normalized spacial score (nSPS) is 20.0. The molecule has 1 N–H and O–H groups in total. The third-order valence-corrected chi connectivity index (χ3v) is 4.96. The first-order chi connectivity index (χ1) is 8.16. The highest BCUT2D eigenvalue weighted by Gasteiger charge is 2.21. The summed E-state index contributed by atoms with van der Waals surface area (Å²) in [6.07, 6.45) is 5.05. The van der Waals surface area contributed by atoms with Gasteiger partial charge in [-0.05, 0) is 53.1 Å². The summed E-state index contributed by atoms with van der Waals surface area (Å²) in [5, 5.41) is 3.04. The molecule has 1 amide bonds. The van der Waals surface area contributed by atoms with Gasteiger partial charge >= 0.3 is 0 Å². The van der Waals surface area contributed by atoms with Gasteiger partial charge in [0.2, 0.25) is 5.91 Å². The van der Waals surface area contributed by atoms with Crippen molar-refractivity contribution >= 4 is 39.3 Å². The van der Waals surface area contributed by atoms with Crippen molar-refractivity contribution < 1.29 is 4.79 Å². The molecule has 1 saturated heterocycles. The number of carbonyl (C=O) groups excluding carboxylic acids is 1. The van der Waals surface area contributed by atoms with Crippen LogP contribution in [0.3, 0.4) is 0 Å². The van der Waals surface area contributed by atoms with Gasteiger partial charge in [-0.1, -0.05) is 6.42 Å². The van der Waals surface area contributed by atoms with Crippen LogP contribution >= 0.6 is 27.7 Å². The van der Waals surface area contributed by atoms with Crippen LogP contribution in [0.2, 0.25) is 0 Å². The van der Waals surface area contributed by atoms with E-state index < -0.39 is 0 Å². The Balaban J connectivity index is 1.99. The first-order valence-corrected chi connectivity index (χ1v) is 7.55. The zero-order valence-electron chi connectivity index (χ0n) is 9.70. The lowest BCUT2D eigenvalue weighted by Gasteiger charge is -2.20. The first-order valence-electron chi connectivity index (χ1n) is 5.71. The lowest BCUT2D eigenvalue weighted by atomic mass is 10.2. The van der Waals surface area contributed by atoms with Crippen molar-refractivity contribution in [3.8, 4) is 0 Å². The quantitative estimate of drug-likeness (QED) is 0.851. The Labute approximate surface area is 114 Å². The Morgan fingerprint density at radius 2 is 2.41 bits per heavy atom. The van der Waals surface area contributed by atoms with Crippen molar-refractivity contribution in [1.29, 1.82) is 0 Å². The van der Waals surface area contributed by atoms with Crippen LogP contribution in [0.1, 0.15) is 24.8 Å². The van der Waals surface area contributed by atoms with Crippen molar-refractivity contribution in [2.75, 3.05) is 11.1 Å². The van der Waals surface area contributed by atoms with E-state index in [0.29, 0.717) is 0 Å². The summed E-state index contributed by atoms with van der Waals surface area (Å²) < 4.78 is 0.822. The molecular formula is C12H15BrN2OS. The van der Waals surface area contributed by atoms with E-state index in [4.69, 9.17) is 0 Å². The number of aromatic nitrogens is 1. The number of pyridine rings is 1. The molecule has 1 fully saturated rings. The molecule has 1 aliphatic rings. The molecule has 2 rings (SSSR count). The summed E-state index contributed by atoms with van der Waals surface area (Å²) in [5.74, 6) is 1.20. The van der Waals surface area contributed by atoms with Crippen LogP contribution in [0.5, 0.6) is 0 Å². The minimum Gasteiger partial charge on any atom is -0.324 e. The Morgan fingerprint density at radius 1 is 1.59 bits per heavy atom. The lowest BCUT2D eigenvalue weighted by Crippen LogP contribution is -2.27. The third-order valence-electron chi connectivity index (χ3n) is 2.75. The second-order valence-corrected chi connectivity index (χ2v) is 6.24. The van der Waals surface area contributed by atoms with Gasteiger partial charge in [0.1, 0.15) is 4.60 Å². The standard InChI is InChI=1S/C12H15BrN2OS/c1-8-6-9(7-14-11(8)13)15-12(16)10-4-2-3-5-17-10/h6-7,10H,2-5H2,1H3,(H,15,16). The van der Waals surface area contributed by atoms with Gasteiger partial charge in [0.15, 0.2) is 0 Å². The van der Waals surface area contributed by atoms with E-state index in [2.05, 4.69) is 26.2 Å². The number of hydrogen-bond donors (Lipinski definition) is 1. The summed E-state index contributed by atoms with van der Waals surface area (Å²) in [6.45, 7) is 1.96. The van der Waals surface area contributed by atoms with E-state index in [0.717, 1.165) is 34.4 Å². The predicted molar refractivity (Wildman–Crippen MR) is 75.4 cm³/mol. The molecule has 0 saturated carbocycles. The van der Waals surface area contributed by atoms with Gasteiger partial charge in [-0.3, -0.25) is 4.79 Å². The van der Waals surface area contributed by atoms with Crippen LogP contribution in [0.25, 0.3) is 0 Å². The highest BCUT2D eigenvalue weighted by Crippen LogP contribution is 2.26. The van der Waals surface area contributed by atoms with Crippen molar-refractivity contribution in [3.63, 3.8) is 0 Å². The van der Waals surface area contributed by atoms with E-state index in [9.17, 15) is 4.79 Å². The van der Waals surface area contributed by atoms with Crippen molar-refractivity contribution in [3.05, 3.63) is 22.4 Å². The molecule has 0 bridgehead atoms. The first kappa shape index (κ1) is 12.9. The van der Waals surface area contributed by atoms with Crippen molar-refractivity contribution in [2.24, 2.45) is 0 Å². The van der Waals surface area contributed by atoms with Crippen LogP contribution in [-0.2, 0) is 4.79 Å². The zero-order valence-corrected chi connectivity index (χ0v) is 12.1. The summed E-state index contributed by atoms with van der Waals surface area (Å²) >= 11 is 5.10. The molecule has 1 aromatic heterocycles. The molecule has 0 spiro atoms. The molecule has 1 aromatic rings. The number of anilines is 1. The van der Waals surface area contributed by atoms with Gasteiger partial charge in [-0.2, -0.15) is 0 Å². The number of carbonyl (C=O) groups is 1. The van der Waals surface area contributed by atoms with Gasteiger partial charge < -0.3 is 5.32 Å². The number of aryl methyl sites for hydroxylation is 1. The van der Waals surface area contributed by atoms with Gasteiger partial charge in [0.25, 0.3) is 0 Å². The van der Waals surface area contributed by atoms with Gasteiger partial charge in [0.05, 0.1) is 17.1 Å². The molecule has 17 heavy (non-hydrogen) atoms. The van der Waals surface area contributed by atoms with Gasteiger partial charge in [0, 0.05) is 0 Å². The van der Waals surface area contributed by atoms with Crippen LogP contribution in [0.15, 0.2) is 16.9 Å². The number of hydrogen-bond acceptors (Lipinski definition) is 3. The maximum absolute atomic E-state index is 12.0. The molecule has 2 heterocycles. The zero-order chi connectivity index (χ0) is 12.3. The fraction of sp³-hybridized carbons (Fsp3) is 0.500. The molecule has 1 unspecified atom stereocenters. The van der Waals surface area contributed by atoms with Crippen LogP contribution < -0.4 is 5.32 Å². The monoisotopic (exact) mass is 314 g/mol. The maximum Gasteiger partial charge on any atom is 0.237 e. The van der Waals surface area contributed by atoms with Crippen molar-refractivity contribution in [2.45, 2.75) is 31.4 Å². The van der Waals surface area contributed by atoms with E-state index in [1.807, 2.05) is 13.0 Å². The Bertz CT molecular complexity index is 419. The highest BCUT2D eigenvalue weighted by atomic mass is 79.9. The topological polar surface area (TPSA) is 42.0 Å². The van der Waals surface area contributed by atoms with E-state index in [-0.39, 0.29) is 11.2 Å². The number of thioether (sulfide) groups is 1. The third kappa shape index (κ3) is 3.45. The summed E-state index contributed by atoms with van der Waals surface area (Å²) in [6, 6.07) is 1.93. The van der Waals surface area contributed by atoms with E-state index >= 15 is 0 Å². The van der Waals surface area contributed by atoms with Crippen LogP contribution in [-0.4, -0.2) is 21.9 Å². The largest absolute Gasteiger partial charge is 0.324 e. The fourth-order valence-corrected chi connectivity index (χ4v) is 3.21. The maximum atomic E-state index is 12.0. The Morgan fingerprint density at radius 3 is 3.06 bits per heavy atom. The number of nitrogens with zero attached hydrogens (tertiary/aromatic N) is 1. The minimum absolute atomic E-state index is 0.104. The van der Waals surface area contributed by atoms with E-state index in [1.54, 1.807) is 18.0 Å². The number of rotatable bonds is 2. The fourth-order valence-electron chi connectivity index (χ4n) is 1.80. The summed E-state index contributed by atoms with van der Waals surface area (Å²) in [7, 11) is 0. The molecule has 0 radical (unpaired) electrons. The molecule has 92 valence electrons. The van der Waals surface area contributed by atoms with E-state index in [1.165, 1.54) is 6.42 Å². The number of amides is 1. The average molecular weight is 315 g/mol. The minimum atomic E-state index is 0.104. The Kier molecular flexibility index (Phi) is 4.45. The van der Waals surface area contributed by atoms with Gasteiger partial charge in [-0.15, -0.1) is 11.8 Å². The molecule has 1 atom stereocenters. The van der Waals surface area contributed by atoms with Crippen LogP contribution in [0.4, 0.5) is 5.69 Å². The molecule has 1 aliphatic heterocycles. The van der Waals surface area contributed by atoms with Crippen molar-refractivity contribution in [1.82, 2.24) is 4.98 Å². The SMILES string of the molecule is Cc1cc(NC(=O)C2CCCCS2)cnc1Br.